The van der Waals surface area contributed by atoms with Gasteiger partial charge in [0.25, 0.3) is 0 Å². The molecule has 0 atom stereocenters. The second kappa shape index (κ2) is 9.46. The summed E-state index contributed by atoms with van der Waals surface area (Å²) in [4.78, 5) is 12.5. The maximum absolute atomic E-state index is 13.3. The van der Waals surface area contributed by atoms with E-state index in [-0.39, 0.29) is 0 Å². The first-order valence-electron chi connectivity index (χ1n) is 11.4. The Morgan fingerprint density at radius 3 is 2.41 bits per heavy atom. The van der Waals surface area contributed by atoms with Crippen molar-refractivity contribution in [3.05, 3.63) is 97.3 Å². The molecule has 180 valence electrons. The Kier molecular flexibility index (Phi) is 5.70. The number of halogens is 1. The van der Waals surface area contributed by atoms with Crippen LogP contribution < -0.4 is 14.8 Å². The molecule has 0 spiro atoms. The molecule has 6 rings (SSSR count). The zero-order valence-electron chi connectivity index (χ0n) is 19.6. The first kappa shape index (κ1) is 22.3. The summed E-state index contributed by atoms with van der Waals surface area (Å²) in [5.74, 6) is 1.93. The highest BCUT2D eigenvalue weighted by Gasteiger charge is 2.12. The van der Waals surface area contributed by atoms with Gasteiger partial charge in [0.2, 0.25) is 5.95 Å². The highest BCUT2D eigenvalue weighted by atomic mass is 19.1. The zero-order chi connectivity index (χ0) is 25.2. The van der Waals surface area contributed by atoms with E-state index in [0.717, 1.165) is 16.5 Å². The van der Waals surface area contributed by atoms with Gasteiger partial charge in [-0.1, -0.05) is 24.3 Å². The monoisotopic (exact) mass is 490 g/mol. The van der Waals surface area contributed by atoms with Gasteiger partial charge in [-0.05, 0) is 36.4 Å². The minimum atomic E-state index is -0.541. The molecular formula is C28H19FN6O2. The van der Waals surface area contributed by atoms with Gasteiger partial charge in [-0.3, -0.25) is 4.98 Å². The molecule has 0 saturated carbocycles. The summed E-state index contributed by atoms with van der Waals surface area (Å²) >= 11 is 0. The summed E-state index contributed by atoms with van der Waals surface area (Å²) in [5, 5.41) is 13.9. The number of benzene rings is 2. The minimum Gasteiger partial charge on any atom is -0.495 e. The van der Waals surface area contributed by atoms with Crippen molar-refractivity contribution in [3.8, 4) is 28.5 Å². The molecule has 0 aliphatic carbocycles. The van der Waals surface area contributed by atoms with Gasteiger partial charge in [-0.2, -0.15) is 4.39 Å². The fraction of sp³-hybridized carbons (Fsp3) is 0.0357. The van der Waals surface area contributed by atoms with Gasteiger partial charge in [-0.25, -0.2) is 9.97 Å². The van der Waals surface area contributed by atoms with Crippen molar-refractivity contribution < 1.29 is 13.9 Å². The van der Waals surface area contributed by atoms with Crippen molar-refractivity contribution in [2.45, 2.75) is 0 Å². The van der Waals surface area contributed by atoms with Gasteiger partial charge in [0.15, 0.2) is 11.6 Å². The van der Waals surface area contributed by atoms with Crippen LogP contribution in [0, 0.1) is 5.95 Å². The number of hydrogen-bond acceptors (Lipinski definition) is 8. The van der Waals surface area contributed by atoms with Crippen LogP contribution in [0.25, 0.3) is 33.1 Å². The van der Waals surface area contributed by atoms with Gasteiger partial charge in [0.1, 0.15) is 22.7 Å². The predicted molar refractivity (Wildman–Crippen MR) is 139 cm³/mol. The Hall–Kier alpha value is -5.18. The summed E-state index contributed by atoms with van der Waals surface area (Å²) in [6.45, 7) is 0. The highest BCUT2D eigenvalue weighted by molar-refractivity contribution is 6.00. The Morgan fingerprint density at radius 1 is 0.784 bits per heavy atom. The van der Waals surface area contributed by atoms with E-state index in [1.54, 1.807) is 31.6 Å². The third-order valence-corrected chi connectivity index (χ3v) is 5.78. The lowest BCUT2D eigenvalue weighted by Crippen LogP contribution is -1.99. The van der Waals surface area contributed by atoms with Crippen molar-refractivity contribution in [3.63, 3.8) is 0 Å². The number of hydrogen-bond donors (Lipinski definition) is 1. The molecule has 0 aliphatic rings. The summed E-state index contributed by atoms with van der Waals surface area (Å²) in [6, 6.07) is 21.8. The van der Waals surface area contributed by atoms with Crippen LogP contribution in [-0.2, 0) is 0 Å². The molecule has 4 heterocycles. The Morgan fingerprint density at radius 2 is 1.62 bits per heavy atom. The average molecular weight is 490 g/mol. The lowest BCUT2D eigenvalue weighted by molar-refractivity contribution is 0.413. The Balaban J connectivity index is 1.26. The van der Waals surface area contributed by atoms with E-state index in [2.05, 4.69) is 30.5 Å². The van der Waals surface area contributed by atoms with E-state index >= 15 is 0 Å². The summed E-state index contributed by atoms with van der Waals surface area (Å²) < 4.78 is 24.6. The van der Waals surface area contributed by atoms with E-state index in [0.29, 0.717) is 45.4 Å². The van der Waals surface area contributed by atoms with E-state index in [1.807, 2.05) is 54.6 Å². The van der Waals surface area contributed by atoms with Crippen molar-refractivity contribution in [1.82, 2.24) is 25.1 Å². The van der Waals surface area contributed by atoms with Crippen LogP contribution in [0.1, 0.15) is 0 Å². The maximum atomic E-state index is 13.3. The van der Waals surface area contributed by atoms with Gasteiger partial charge in [0, 0.05) is 46.5 Å². The van der Waals surface area contributed by atoms with E-state index < -0.39 is 5.95 Å². The number of rotatable bonds is 6. The second-order valence-corrected chi connectivity index (χ2v) is 8.12. The summed E-state index contributed by atoms with van der Waals surface area (Å²) in [7, 11) is 1.59. The number of methoxy groups -OCH3 is 1. The number of aromatic nitrogens is 5. The quantitative estimate of drug-likeness (QED) is 0.271. The number of ether oxygens (including phenoxy) is 2. The molecule has 37 heavy (non-hydrogen) atoms. The molecule has 0 fully saturated rings. The fourth-order valence-corrected chi connectivity index (χ4v) is 3.98. The standard InChI is InChI=1S/C28H19FN6O2/c1-36-20-14-23-27(32-16-20)24(12-13-30-23)37-19-9-7-18(8-10-19)33-28-22-5-3-2-4-21(22)26(34-35-28)17-6-11-25(29)31-15-17/h2-16H,1H3,(H,33,35). The van der Waals surface area contributed by atoms with E-state index in [1.165, 1.54) is 12.3 Å². The largest absolute Gasteiger partial charge is 0.495 e. The topological polar surface area (TPSA) is 94.9 Å². The first-order valence-corrected chi connectivity index (χ1v) is 11.4. The molecular weight excluding hydrogens is 471 g/mol. The third-order valence-electron chi connectivity index (χ3n) is 5.78. The molecule has 0 aliphatic heterocycles. The number of nitrogens with one attached hydrogen (secondary N) is 1. The molecule has 8 nitrogen and oxygen atoms in total. The molecule has 0 bridgehead atoms. The maximum Gasteiger partial charge on any atom is 0.212 e. The highest BCUT2D eigenvalue weighted by Crippen LogP contribution is 2.32. The van der Waals surface area contributed by atoms with Crippen LogP contribution in [0.5, 0.6) is 17.2 Å². The molecule has 9 heteroatoms. The SMILES string of the molecule is COc1cnc2c(Oc3ccc(Nc4nnc(-c5ccc(F)nc5)c5ccccc45)cc3)ccnc2c1. The molecule has 0 unspecified atom stereocenters. The molecule has 0 amide bonds. The molecule has 0 radical (unpaired) electrons. The fourth-order valence-electron chi connectivity index (χ4n) is 3.98. The van der Waals surface area contributed by atoms with Crippen LogP contribution in [0.3, 0.4) is 0 Å². The summed E-state index contributed by atoms with van der Waals surface area (Å²) in [6.07, 6.45) is 4.76. The van der Waals surface area contributed by atoms with Crippen LogP contribution in [0.2, 0.25) is 0 Å². The van der Waals surface area contributed by atoms with Crippen LogP contribution in [0.15, 0.2) is 91.4 Å². The van der Waals surface area contributed by atoms with Gasteiger partial charge in [0.05, 0.1) is 18.8 Å². The van der Waals surface area contributed by atoms with Gasteiger partial charge in [-0.15, -0.1) is 10.2 Å². The van der Waals surface area contributed by atoms with E-state index in [4.69, 9.17) is 9.47 Å². The Labute approximate surface area is 210 Å². The number of anilines is 2. The van der Waals surface area contributed by atoms with Crippen LogP contribution >= 0.6 is 0 Å². The number of pyridine rings is 3. The molecule has 6 aromatic rings. The Bertz CT molecular complexity index is 1730. The van der Waals surface area contributed by atoms with Gasteiger partial charge < -0.3 is 14.8 Å². The number of nitrogens with zero attached hydrogens (tertiary/aromatic N) is 5. The smallest absolute Gasteiger partial charge is 0.212 e. The summed E-state index contributed by atoms with van der Waals surface area (Å²) in [5.41, 5.74) is 3.46. The van der Waals surface area contributed by atoms with Crippen molar-refractivity contribution in [2.75, 3.05) is 12.4 Å². The van der Waals surface area contributed by atoms with E-state index in [9.17, 15) is 4.39 Å². The molecule has 0 saturated heterocycles. The first-order chi connectivity index (χ1) is 18.2. The lowest BCUT2D eigenvalue weighted by Gasteiger charge is -2.12. The normalized spacial score (nSPS) is 11.0. The molecule has 2 aromatic carbocycles. The third kappa shape index (κ3) is 4.45. The number of fused-ring (bicyclic) bond motifs is 2. The predicted octanol–water partition coefficient (Wildman–Crippen LogP) is 6.32. The van der Waals surface area contributed by atoms with Crippen molar-refractivity contribution in [1.29, 1.82) is 0 Å². The zero-order valence-corrected chi connectivity index (χ0v) is 19.6. The average Bonchev–Trinajstić information content (AvgIpc) is 2.95. The van der Waals surface area contributed by atoms with Crippen LogP contribution in [-0.4, -0.2) is 32.3 Å². The lowest BCUT2D eigenvalue weighted by atomic mass is 10.1. The van der Waals surface area contributed by atoms with Crippen LogP contribution in [0.4, 0.5) is 15.9 Å². The second-order valence-electron chi connectivity index (χ2n) is 8.12. The van der Waals surface area contributed by atoms with Crippen molar-refractivity contribution in [2.24, 2.45) is 0 Å². The minimum absolute atomic E-state index is 0.541. The van der Waals surface area contributed by atoms with Crippen molar-refractivity contribution >= 4 is 33.3 Å². The van der Waals surface area contributed by atoms with Gasteiger partial charge >= 0.3 is 0 Å². The molecule has 4 aromatic heterocycles. The molecule has 1 N–H and O–H groups in total.